The monoisotopic (exact) mass is 193 g/mol. The molecule has 1 N–H and O–H groups in total. The molecule has 3 heteroatoms. The summed E-state index contributed by atoms with van der Waals surface area (Å²) in [5.41, 5.74) is 2.09. The van der Waals surface area contributed by atoms with Gasteiger partial charge in [0.1, 0.15) is 5.82 Å². The number of rotatable bonds is 3. The van der Waals surface area contributed by atoms with Gasteiger partial charge < -0.3 is 5.32 Å². The molecule has 78 valence electrons. The van der Waals surface area contributed by atoms with Gasteiger partial charge in [0.2, 0.25) is 0 Å². The zero-order valence-electron chi connectivity index (χ0n) is 9.63. The van der Waals surface area contributed by atoms with Crippen LogP contribution in [0.3, 0.4) is 0 Å². The number of hydrogen-bond donors (Lipinski definition) is 1. The van der Waals surface area contributed by atoms with Crippen molar-refractivity contribution in [3.63, 3.8) is 0 Å². The summed E-state index contributed by atoms with van der Waals surface area (Å²) in [5.74, 6) is 1.28. The molecule has 0 saturated carbocycles. The van der Waals surface area contributed by atoms with E-state index in [1.165, 1.54) is 0 Å². The zero-order valence-corrected chi connectivity index (χ0v) is 9.63. The lowest BCUT2D eigenvalue weighted by Crippen LogP contribution is -2.28. The number of nitrogens with zero attached hydrogens (tertiary/aromatic N) is 2. The normalized spacial score (nSPS) is 15.2. The molecule has 0 saturated heterocycles. The molecule has 3 nitrogen and oxygen atoms in total. The largest absolute Gasteiger partial charge is 0.317 e. The van der Waals surface area contributed by atoms with E-state index in [0.717, 1.165) is 17.2 Å². The highest BCUT2D eigenvalue weighted by Crippen LogP contribution is 2.15. The van der Waals surface area contributed by atoms with Crippen LogP contribution in [0.15, 0.2) is 6.07 Å². The predicted octanol–water partition coefficient (Wildman–Crippen LogP) is 1.80. The summed E-state index contributed by atoms with van der Waals surface area (Å²) >= 11 is 0. The van der Waals surface area contributed by atoms with Crippen molar-refractivity contribution in [3.8, 4) is 0 Å². The van der Waals surface area contributed by atoms with Gasteiger partial charge in [-0.15, -0.1) is 0 Å². The first-order valence-electron chi connectivity index (χ1n) is 5.04. The van der Waals surface area contributed by atoms with Crippen molar-refractivity contribution >= 4 is 0 Å². The van der Waals surface area contributed by atoms with Crippen molar-refractivity contribution in [2.24, 2.45) is 0 Å². The van der Waals surface area contributed by atoms with Crippen molar-refractivity contribution in [3.05, 3.63) is 23.3 Å². The summed E-state index contributed by atoms with van der Waals surface area (Å²) in [4.78, 5) is 8.90. The van der Waals surface area contributed by atoms with Crippen LogP contribution >= 0.6 is 0 Å². The van der Waals surface area contributed by atoms with Crippen LogP contribution in [-0.4, -0.2) is 23.1 Å². The molecule has 1 heterocycles. The number of hydrogen-bond acceptors (Lipinski definition) is 3. The minimum absolute atomic E-state index is 0.346. The van der Waals surface area contributed by atoms with E-state index in [0.29, 0.717) is 12.0 Å². The highest BCUT2D eigenvalue weighted by atomic mass is 14.9. The van der Waals surface area contributed by atoms with Gasteiger partial charge >= 0.3 is 0 Å². The number of likely N-dealkylation sites (N-methyl/N-ethyl adjacent to an activating group) is 1. The molecule has 0 fully saturated rings. The molecule has 0 aliphatic rings. The number of aromatic nitrogens is 2. The van der Waals surface area contributed by atoms with E-state index < -0.39 is 0 Å². The van der Waals surface area contributed by atoms with Crippen molar-refractivity contribution in [1.82, 2.24) is 15.3 Å². The Morgan fingerprint density at radius 3 is 2.07 bits per heavy atom. The van der Waals surface area contributed by atoms with Crippen molar-refractivity contribution < 1.29 is 0 Å². The minimum Gasteiger partial charge on any atom is -0.317 e. The van der Waals surface area contributed by atoms with Crippen LogP contribution in [0, 0.1) is 13.8 Å². The fraction of sp³-hybridized carbons (Fsp3) is 0.636. The lowest BCUT2D eigenvalue weighted by atomic mass is 10.0. The zero-order chi connectivity index (χ0) is 10.7. The van der Waals surface area contributed by atoms with Gasteiger partial charge in [-0.1, -0.05) is 6.92 Å². The van der Waals surface area contributed by atoms with Gasteiger partial charge in [-0.2, -0.15) is 0 Å². The molecule has 1 aromatic rings. The first kappa shape index (κ1) is 11.1. The van der Waals surface area contributed by atoms with Gasteiger partial charge in [0.15, 0.2) is 0 Å². The maximum absolute atomic E-state index is 4.45. The van der Waals surface area contributed by atoms with Crippen LogP contribution in [-0.2, 0) is 0 Å². The van der Waals surface area contributed by atoms with E-state index in [1.54, 1.807) is 0 Å². The summed E-state index contributed by atoms with van der Waals surface area (Å²) in [6.07, 6.45) is 0. The molecule has 0 spiro atoms. The van der Waals surface area contributed by atoms with Gasteiger partial charge in [0.05, 0.1) is 0 Å². The number of nitrogens with one attached hydrogen (secondary N) is 1. The fourth-order valence-corrected chi connectivity index (χ4v) is 1.43. The maximum Gasteiger partial charge on any atom is 0.133 e. The van der Waals surface area contributed by atoms with E-state index in [2.05, 4.69) is 29.1 Å². The van der Waals surface area contributed by atoms with E-state index >= 15 is 0 Å². The lowest BCUT2D eigenvalue weighted by molar-refractivity contribution is 0.502. The first-order chi connectivity index (χ1) is 6.54. The smallest absolute Gasteiger partial charge is 0.133 e. The van der Waals surface area contributed by atoms with E-state index in [9.17, 15) is 0 Å². The molecule has 1 rings (SSSR count). The fourth-order valence-electron chi connectivity index (χ4n) is 1.43. The standard InChI is InChI=1S/C11H19N3/c1-7-6-8(2)14-11(13-7)9(3)10(4)12-5/h6,9-10,12H,1-5H3. The molecule has 0 radical (unpaired) electrons. The van der Waals surface area contributed by atoms with Gasteiger partial charge in [0.25, 0.3) is 0 Å². The van der Waals surface area contributed by atoms with Crippen LogP contribution < -0.4 is 5.32 Å². The quantitative estimate of drug-likeness (QED) is 0.795. The third-order valence-electron chi connectivity index (χ3n) is 2.61. The maximum atomic E-state index is 4.45. The average Bonchev–Trinajstić information content (AvgIpc) is 2.14. The molecule has 14 heavy (non-hydrogen) atoms. The first-order valence-corrected chi connectivity index (χ1v) is 5.04. The van der Waals surface area contributed by atoms with Crippen LogP contribution in [0.4, 0.5) is 0 Å². The van der Waals surface area contributed by atoms with E-state index in [4.69, 9.17) is 0 Å². The SMILES string of the molecule is CNC(C)C(C)c1nc(C)cc(C)n1. The summed E-state index contributed by atoms with van der Waals surface area (Å²) in [5, 5.41) is 3.22. The van der Waals surface area contributed by atoms with Gasteiger partial charge in [0, 0.05) is 23.3 Å². The molecular formula is C11H19N3. The Morgan fingerprint density at radius 1 is 1.14 bits per heavy atom. The van der Waals surface area contributed by atoms with E-state index in [1.807, 2.05) is 27.0 Å². The molecule has 0 aliphatic heterocycles. The van der Waals surface area contributed by atoms with Crippen LogP contribution in [0.25, 0.3) is 0 Å². The summed E-state index contributed by atoms with van der Waals surface area (Å²) in [6, 6.07) is 2.40. The second-order valence-electron chi connectivity index (χ2n) is 3.87. The highest BCUT2D eigenvalue weighted by molar-refractivity contribution is 5.11. The minimum atomic E-state index is 0.346. The topological polar surface area (TPSA) is 37.8 Å². The van der Waals surface area contributed by atoms with E-state index in [-0.39, 0.29) is 0 Å². The predicted molar refractivity (Wildman–Crippen MR) is 58.4 cm³/mol. The lowest BCUT2D eigenvalue weighted by Gasteiger charge is -2.18. The van der Waals surface area contributed by atoms with Gasteiger partial charge in [-0.05, 0) is 33.9 Å². The molecular weight excluding hydrogens is 174 g/mol. The Kier molecular flexibility index (Phi) is 3.58. The van der Waals surface area contributed by atoms with Crippen LogP contribution in [0.5, 0.6) is 0 Å². The molecule has 1 aromatic heterocycles. The van der Waals surface area contributed by atoms with Gasteiger partial charge in [-0.25, -0.2) is 9.97 Å². The average molecular weight is 193 g/mol. The Bertz CT molecular complexity index is 289. The van der Waals surface area contributed by atoms with Crippen molar-refractivity contribution in [1.29, 1.82) is 0 Å². The highest BCUT2D eigenvalue weighted by Gasteiger charge is 2.15. The van der Waals surface area contributed by atoms with Crippen molar-refractivity contribution in [2.75, 3.05) is 7.05 Å². The Balaban J connectivity index is 2.94. The summed E-state index contributed by atoms with van der Waals surface area (Å²) < 4.78 is 0. The number of aryl methyl sites for hydroxylation is 2. The third-order valence-corrected chi connectivity index (χ3v) is 2.61. The van der Waals surface area contributed by atoms with Crippen LogP contribution in [0.2, 0.25) is 0 Å². The molecule has 0 aromatic carbocycles. The Labute approximate surface area is 86.0 Å². The summed E-state index contributed by atoms with van der Waals surface area (Å²) in [7, 11) is 1.96. The third kappa shape index (κ3) is 2.51. The second-order valence-corrected chi connectivity index (χ2v) is 3.87. The van der Waals surface area contributed by atoms with Crippen LogP contribution in [0.1, 0.15) is 37.0 Å². The molecule has 2 unspecified atom stereocenters. The Hall–Kier alpha value is -0.960. The molecule has 0 amide bonds. The van der Waals surface area contributed by atoms with Gasteiger partial charge in [-0.3, -0.25) is 0 Å². The second kappa shape index (κ2) is 4.51. The molecule has 2 atom stereocenters. The Morgan fingerprint density at radius 2 is 1.64 bits per heavy atom. The summed E-state index contributed by atoms with van der Waals surface area (Å²) in [6.45, 7) is 8.31. The molecule has 0 bridgehead atoms. The van der Waals surface area contributed by atoms with Crippen molar-refractivity contribution in [2.45, 2.75) is 39.7 Å². The molecule has 0 aliphatic carbocycles.